The number of methoxy groups -OCH3 is 1. The Hall–Kier alpha value is -2.83. The summed E-state index contributed by atoms with van der Waals surface area (Å²) < 4.78 is 65.0. The first-order valence-corrected chi connectivity index (χ1v) is 11.9. The lowest BCUT2D eigenvalue weighted by Crippen LogP contribution is -2.30. The van der Waals surface area contributed by atoms with E-state index in [1.807, 2.05) is 0 Å². The number of fused-ring (bicyclic) bond motifs is 1. The summed E-state index contributed by atoms with van der Waals surface area (Å²) in [6.45, 7) is 3.97. The molecule has 10 nitrogen and oxygen atoms in total. The third-order valence-electron chi connectivity index (χ3n) is 4.46. The maximum absolute atomic E-state index is 12.9. The van der Waals surface area contributed by atoms with E-state index >= 15 is 0 Å². The summed E-state index contributed by atoms with van der Waals surface area (Å²) in [6, 6.07) is 7.82. The topological polar surface area (TPSA) is 139 Å². The molecule has 1 aromatic heterocycles. The number of nitrogens with one attached hydrogen (secondary N) is 2. The van der Waals surface area contributed by atoms with Crippen molar-refractivity contribution in [3.05, 3.63) is 46.9 Å². The van der Waals surface area contributed by atoms with Gasteiger partial charge in [0.25, 0.3) is 10.0 Å². The Balaban J connectivity index is 2.04. The number of hydrogen-bond acceptors (Lipinski definition) is 7. The molecule has 0 spiro atoms. The smallest absolute Gasteiger partial charge is 0.417 e. The average molecular weight is 456 g/mol. The second-order valence-electron chi connectivity index (χ2n) is 6.23. The molecule has 0 aliphatic rings. The monoisotopic (exact) mass is 455 g/mol. The largest absolute Gasteiger partial charge is 0.495 e. The van der Waals surface area contributed by atoms with Crippen molar-refractivity contribution >= 4 is 36.8 Å². The van der Waals surface area contributed by atoms with E-state index in [-0.39, 0.29) is 39.9 Å². The molecule has 0 aliphatic carbocycles. The molecular formula is C18H21N3O7S2. The van der Waals surface area contributed by atoms with Crippen molar-refractivity contribution in [2.24, 2.45) is 0 Å². The molecule has 12 heteroatoms. The molecule has 0 radical (unpaired) electrons. The first-order chi connectivity index (χ1) is 14.1. The molecule has 2 N–H and O–H groups in total. The van der Waals surface area contributed by atoms with Gasteiger partial charge in [0.1, 0.15) is 5.75 Å². The van der Waals surface area contributed by atoms with Crippen LogP contribution in [-0.2, 0) is 20.0 Å². The van der Waals surface area contributed by atoms with Gasteiger partial charge in [0, 0.05) is 19.2 Å². The summed E-state index contributed by atoms with van der Waals surface area (Å²) in [5.74, 6) is -0.560. The Morgan fingerprint density at radius 3 is 2.33 bits per heavy atom. The molecule has 2 aromatic carbocycles. The molecule has 0 saturated carbocycles. The Labute approximate surface area is 173 Å². The number of sulfonamides is 2. The van der Waals surface area contributed by atoms with Crippen LogP contribution in [-0.4, -0.2) is 46.3 Å². The highest BCUT2D eigenvalue weighted by atomic mass is 32.2. The van der Waals surface area contributed by atoms with Crippen molar-refractivity contribution < 1.29 is 26.0 Å². The van der Waals surface area contributed by atoms with Crippen LogP contribution in [0.5, 0.6) is 5.75 Å². The van der Waals surface area contributed by atoms with E-state index in [2.05, 4.69) is 9.71 Å². The second kappa shape index (κ2) is 8.13. The normalized spacial score (nSPS) is 12.4. The van der Waals surface area contributed by atoms with Gasteiger partial charge in [-0.3, -0.25) is 9.71 Å². The van der Waals surface area contributed by atoms with Crippen LogP contribution in [0.1, 0.15) is 13.8 Å². The SMILES string of the molecule is CCN(CC)S(=O)(=O)c1ccc(OC)c(NS(=O)(=O)c2ccc3[nH]c(=O)oc3c2)c1. The van der Waals surface area contributed by atoms with Gasteiger partial charge < -0.3 is 9.15 Å². The first-order valence-electron chi connectivity index (χ1n) is 8.96. The number of oxazole rings is 1. The molecule has 0 unspecified atom stereocenters. The molecule has 0 fully saturated rings. The summed E-state index contributed by atoms with van der Waals surface area (Å²) in [7, 11) is -6.60. The Kier molecular flexibility index (Phi) is 5.92. The number of hydrogen-bond donors (Lipinski definition) is 2. The first kappa shape index (κ1) is 21.9. The van der Waals surface area contributed by atoms with Crippen molar-refractivity contribution in [3.8, 4) is 5.75 Å². The Morgan fingerprint density at radius 1 is 1.03 bits per heavy atom. The minimum atomic E-state index is -4.14. The standard InChI is InChI=1S/C18H21N3O7S2/c1-4-21(5-2)30(25,26)13-7-9-16(27-3)15(10-13)20-29(23,24)12-6-8-14-17(11-12)28-18(22)19-14/h6-11,20H,4-5H2,1-3H3,(H,19,22). The third-order valence-corrected chi connectivity index (χ3v) is 7.87. The predicted octanol–water partition coefficient (Wildman–Crippen LogP) is 1.96. The highest BCUT2D eigenvalue weighted by Gasteiger charge is 2.25. The van der Waals surface area contributed by atoms with Crippen LogP contribution < -0.4 is 15.2 Å². The molecule has 0 saturated heterocycles. The van der Waals surface area contributed by atoms with E-state index in [0.29, 0.717) is 5.52 Å². The molecule has 0 atom stereocenters. The van der Waals surface area contributed by atoms with Gasteiger partial charge >= 0.3 is 5.76 Å². The van der Waals surface area contributed by atoms with Crippen LogP contribution in [0.4, 0.5) is 5.69 Å². The maximum atomic E-state index is 12.9. The van der Waals surface area contributed by atoms with E-state index in [4.69, 9.17) is 9.15 Å². The van der Waals surface area contributed by atoms with Crippen LogP contribution in [0.2, 0.25) is 0 Å². The van der Waals surface area contributed by atoms with Gasteiger partial charge in [-0.2, -0.15) is 4.31 Å². The van der Waals surface area contributed by atoms with Gasteiger partial charge in [-0.1, -0.05) is 13.8 Å². The number of rotatable bonds is 8. The Bertz CT molecular complexity index is 1340. The van der Waals surface area contributed by atoms with Crippen molar-refractivity contribution in [1.29, 1.82) is 0 Å². The lowest BCUT2D eigenvalue weighted by Gasteiger charge is -2.20. The number of benzene rings is 2. The fourth-order valence-corrected chi connectivity index (χ4v) is 5.50. The molecule has 0 bridgehead atoms. The Morgan fingerprint density at radius 2 is 1.70 bits per heavy atom. The van der Waals surface area contributed by atoms with Crippen LogP contribution in [0.3, 0.4) is 0 Å². The van der Waals surface area contributed by atoms with Crippen LogP contribution >= 0.6 is 0 Å². The van der Waals surface area contributed by atoms with E-state index in [1.165, 1.54) is 47.8 Å². The molecule has 3 aromatic rings. The van der Waals surface area contributed by atoms with Crippen LogP contribution in [0.15, 0.2) is 55.4 Å². The van der Waals surface area contributed by atoms with Crippen molar-refractivity contribution in [2.45, 2.75) is 23.6 Å². The molecule has 0 amide bonds. The highest BCUT2D eigenvalue weighted by Crippen LogP contribution is 2.31. The molecule has 30 heavy (non-hydrogen) atoms. The number of aromatic nitrogens is 1. The lowest BCUT2D eigenvalue weighted by molar-refractivity contribution is 0.416. The highest BCUT2D eigenvalue weighted by molar-refractivity contribution is 7.92. The van der Waals surface area contributed by atoms with E-state index in [1.54, 1.807) is 13.8 Å². The summed E-state index contributed by atoms with van der Waals surface area (Å²) in [5, 5.41) is 0. The van der Waals surface area contributed by atoms with Crippen molar-refractivity contribution in [1.82, 2.24) is 9.29 Å². The molecule has 0 aliphatic heterocycles. The molecule has 3 rings (SSSR count). The zero-order valence-corrected chi connectivity index (χ0v) is 18.1. The fraction of sp³-hybridized carbons (Fsp3) is 0.278. The third kappa shape index (κ3) is 4.06. The van der Waals surface area contributed by atoms with Crippen LogP contribution in [0, 0.1) is 0 Å². The van der Waals surface area contributed by atoms with Crippen LogP contribution in [0.25, 0.3) is 11.1 Å². The predicted molar refractivity (Wildman–Crippen MR) is 111 cm³/mol. The average Bonchev–Trinajstić information content (AvgIpc) is 3.07. The number of ether oxygens (including phenoxy) is 1. The van der Waals surface area contributed by atoms with Crippen molar-refractivity contribution in [2.75, 3.05) is 24.9 Å². The van der Waals surface area contributed by atoms with E-state index < -0.39 is 25.8 Å². The summed E-state index contributed by atoms with van der Waals surface area (Å²) in [6.07, 6.45) is 0. The minimum absolute atomic E-state index is 0.0404. The minimum Gasteiger partial charge on any atom is -0.495 e. The zero-order valence-electron chi connectivity index (χ0n) is 16.5. The summed E-state index contributed by atoms with van der Waals surface area (Å²) in [4.78, 5) is 13.5. The quantitative estimate of drug-likeness (QED) is 0.529. The maximum Gasteiger partial charge on any atom is 0.417 e. The van der Waals surface area contributed by atoms with E-state index in [9.17, 15) is 21.6 Å². The van der Waals surface area contributed by atoms with Gasteiger partial charge in [0.15, 0.2) is 5.58 Å². The summed E-state index contributed by atoms with van der Waals surface area (Å²) >= 11 is 0. The number of anilines is 1. The molecular weight excluding hydrogens is 434 g/mol. The van der Waals surface area contributed by atoms with Gasteiger partial charge in [-0.15, -0.1) is 0 Å². The lowest BCUT2D eigenvalue weighted by atomic mass is 10.3. The zero-order chi connectivity index (χ0) is 22.1. The second-order valence-corrected chi connectivity index (χ2v) is 9.85. The van der Waals surface area contributed by atoms with Gasteiger partial charge in [0.2, 0.25) is 10.0 Å². The fourth-order valence-electron chi connectivity index (χ4n) is 2.94. The molecule has 1 heterocycles. The van der Waals surface area contributed by atoms with Gasteiger partial charge in [-0.25, -0.2) is 21.6 Å². The van der Waals surface area contributed by atoms with Crippen molar-refractivity contribution in [3.63, 3.8) is 0 Å². The summed E-state index contributed by atoms with van der Waals surface area (Å²) in [5.41, 5.74) is 0.387. The number of H-pyrrole nitrogens is 1. The molecule has 162 valence electrons. The number of nitrogens with zero attached hydrogens (tertiary/aromatic N) is 1. The number of aromatic amines is 1. The van der Waals surface area contributed by atoms with E-state index in [0.717, 1.165) is 0 Å². The van der Waals surface area contributed by atoms with Gasteiger partial charge in [0.05, 0.1) is 28.1 Å². The van der Waals surface area contributed by atoms with Gasteiger partial charge in [-0.05, 0) is 30.3 Å².